The van der Waals surface area contributed by atoms with E-state index < -0.39 is 0 Å². The predicted octanol–water partition coefficient (Wildman–Crippen LogP) is 4.06. The minimum atomic E-state index is 0.0409. The predicted molar refractivity (Wildman–Crippen MR) is 85.8 cm³/mol. The van der Waals surface area contributed by atoms with Crippen LogP contribution in [0.25, 0.3) is 0 Å². The highest BCUT2D eigenvalue weighted by atomic mass is 32.2. The number of benzene rings is 1. The van der Waals surface area contributed by atoms with E-state index in [9.17, 15) is 4.79 Å². The number of carbonyl (C=O) groups excluding carboxylic acids is 1. The second kappa shape index (κ2) is 9.44. The summed E-state index contributed by atoms with van der Waals surface area (Å²) >= 11 is 1.92. The SMILES string of the molecule is CC(C)CCSCCCC(=O)Nc1ccc(C#N)cc1. The zero-order chi connectivity index (χ0) is 14.8. The zero-order valence-electron chi connectivity index (χ0n) is 12.2. The number of hydrogen-bond donors (Lipinski definition) is 1. The largest absolute Gasteiger partial charge is 0.326 e. The summed E-state index contributed by atoms with van der Waals surface area (Å²) < 4.78 is 0. The molecule has 1 aromatic rings. The van der Waals surface area contributed by atoms with Gasteiger partial charge in [-0.1, -0.05) is 13.8 Å². The van der Waals surface area contributed by atoms with Crippen molar-refractivity contribution in [1.29, 1.82) is 5.26 Å². The first-order valence-corrected chi connectivity index (χ1v) is 8.15. The molecule has 4 heteroatoms. The fourth-order valence-corrected chi connectivity index (χ4v) is 2.80. The van der Waals surface area contributed by atoms with Crippen molar-refractivity contribution >= 4 is 23.4 Å². The third-order valence-electron chi connectivity index (χ3n) is 2.83. The Morgan fingerprint density at radius 3 is 2.60 bits per heavy atom. The molecular formula is C16H22N2OS. The smallest absolute Gasteiger partial charge is 0.224 e. The Labute approximate surface area is 125 Å². The van der Waals surface area contributed by atoms with Gasteiger partial charge >= 0.3 is 0 Å². The van der Waals surface area contributed by atoms with Gasteiger partial charge in [-0.15, -0.1) is 0 Å². The van der Waals surface area contributed by atoms with E-state index in [2.05, 4.69) is 25.2 Å². The van der Waals surface area contributed by atoms with Gasteiger partial charge in [0.15, 0.2) is 0 Å². The number of hydrogen-bond acceptors (Lipinski definition) is 3. The van der Waals surface area contributed by atoms with Gasteiger partial charge in [-0.05, 0) is 54.5 Å². The molecule has 0 aliphatic carbocycles. The summed E-state index contributed by atoms with van der Waals surface area (Å²) in [5.74, 6) is 3.00. The highest BCUT2D eigenvalue weighted by Gasteiger charge is 2.02. The molecule has 1 aromatic carbocycles. The van der Waals surface area contributed by atoms with Crippen molar-refractivity contribution in [3.05, 3.63) is 29.8 Å². The van der Waals surface area contributed by atoms with E-state index in [0.717, 1.165) is 23.8 Å². The van der Waals surface area contributed by atoms with E-state index in [-0.39, 0.29) is 5.91 Å². The Hall–Kier alpha value is -1.47. The highest BCUT2D eigenvalue weighted by molar-refractivity contribution is 7.99. The lowest BCUT2D eigenvalue weighted by atomic mass is 10.2. The molecule has 0 saturated heterocycles. The van der Waals surface area contributed by atoms with E-state index in [0.29, 0.717) is 12.0 Å². The monoisotopic (exact) mass is 290 g/mol. The summed E-state index contributed by atoms with van der Waals surface area (Å²) in [6.07, 6.45) is 2.70. The van der Waals surface area contributed by atoms with E-state index in [4.69, 9.17) is 5.26 Å². The van der Waals surface area contributed by atoms with Crippen molar-refractivity contribution in [2.45, 2.75) is 33.1 Å². The van der Waals surface area contributed by atoms with Crippen LogP contribution in [0.15, 0.2) is 24.3 Å². The fourth-order valence-electron chi connectivity index (χ4n) is 1.61. The number of nitrogens with zero attached hydrogens (tertiary/aromatic N) is 1. The first kappa shape index (κ1) is 16.6. The molecule has 0 aliphatic rings. The number of amides is 1. The number of rotatable bonds is 8. The number of thioether (sulfide) groups is 1. The Kier molecular flexibility index (Phi) is 7.82. The molecule has 1 rings (SSSR count). The lowest BCUT2D eigenvalue weighted by Gasteiger charge is -2.06. The molecule has 0 unspecified atom stereocenters. The van der Waals surface area contributed by atoms with Crippen LogP contribution in [0.4, 0.5) is 5.69 Å². The molecule has 0 aromatic heterocycles. The highest BCUT2D eigenvalue weighted by Crippen LogP contribution is 2.12. The van der Waals surface area contributed by atoms with Crippen LogP contribution in [-0.4, -0.2) is 17.4 Å². The first-order chi connectivity index (χ1) is 9.61. The lowest BCUT2D eigenvalue weighted by Crippen LogP contribution is -2.11. The molecule has 0 atom stereocenters. The van der Waals surface area contributed by atoms with E-state index in [1.807, 2.05) is 11.8 Å². The maximum atomic E-state index is 11.7. The minimum Gasteiger partial charge on any atom is -0.326 e. The molecule has 0 aliphatic heterocycles. The molecule has 0 spiro atoms. The van der Waals surface area contributed by atoms with Crippen LogP contribution in [0.3, 0.4) is 0 Å². The van der Waals surface area contributed by atoms with Gasteiger partial charge in [0.2, 0.25) is 5.91 Å². The van der Waals surface area contributed by atoms with Crippen molar-refractivity contribution < 1.29 is 4.79 Å². The zero-order valence-corrected chi connectivity index (χ0v) is 13.0. The van der Waals surface area contributed by atoms with Crippen LogP contribution in [0.1, 0.15) is 38.7 Å². The number of nitriles is 1. The molecule has 1 N–H and O–H groups in total. The topological polar surface area (TPSA) is 52.9 Å². The van der Waals surface area contributed by atoms with E-state index >= 15 is 0 Å². The minimum absolute atomic E-state index is 0.0409. The normalized spacial score (nSPS) is 10.3. The summed E-state index contributed by atoms with van der Waals surface area (Å²) in [5, 5.41) is 11.5. The van der Waals surface area contributed by atoms with Crippen molar-refractivity contribution in [3.63, 3.8) is 0 Å². The molecular weight excluding hydrogens is 268 g/mol. The van der Waals surface area contributed by atoms with Gasteiger partial charge in [0.05, 0.1) is 11.6 Å². The average Bonchev–Trinajstić information content (AvgIpc) is 2.43. The molecule has 0 radical (unpaired) electrons. The summed E-state index contributed by atoms with van der Waals surface area (Å²) in [6.45, 7) is 4.46. The first-order valence-electron chi connectivity index (χ1n) is 6.99. The summed E-state index contributed by atoms with van der Waals surface area (Å²) in [7, 11) is 0. The molecule has 108 valence electrons. The second-order valence-electron chi connectivity index (χ2n) is 5.14. The van der Waals surface area contributed by atoms with Gasteiger partial charge in [-0.3, -0.25) is 4.79 Å². The van der Waals surface area contributed by atoms with Gasteiger partial charge < -0.3 is 5.32 Å². The number of carbonyl (C=O) groups is 1. The van der Waals surface area contributed by atoms with Crippen molar-refractivity contribution in [3.8, 4) is 6.07 Å². The Morgan fingerprint density at radius 1 is 1.30 bits per heavy atom. The van der Waals surface area contributed by atoms with Gasteiger partial charge in [0.1, 0.15) is 0 Å². The van der Waals surface area contributed by atoms with Gasteiger partial charge in [-0.2, -0.15) is 17.0 Å². The molecule has 0 saturated carbocycles. The summed E-state index contributed by atoms with van der Waals surface area (Å²) in [4.78, 5) is 11.7. The molecule has 3 nitrogen and oxygen atoms in total. The summed E-state index contributed by atoms with van der Waals surface area (Å²) in [5.41, 5.74) is 1.35. The second-order valence-corrected chi connectivity index (χ2v) is 6.36. The van der Waals surface area contributed by atoms with Crippen LogP contribution < -0.4 is 5.32 Å². The maximum Gasteiger partial charge on any atom is 0.224 e. The third-order valence-corrected chi connectivity index (χ3v) is 3.93. The Balaban J connectivity index is 2.15. The van der Waals surface area contributed by atoms with Gasteiger partial charge in [0.25, 0.3) is 0 Å². The van der Waals surface area contributed by atoms with E-state index in [1.54, 1.807) is 24.3 Å². The van der Waals surface area contributed by atoms with Crippen LogP contribution >= 0.6 is 11.8 Å². The number of anilines is 1. The molecule has 0 heterocycles. The molecule has 1 amide bonds. The maximum absolute atomic E-state index is 11.7. The molecule has 0 fully saturated rings. The van der Waals surface area contributed by atoms with Crippen molar-refractivity contribution in [2.75, 3.05) is 16.8 Å². The standard InChI is InChI=1S/C16H22N2OS/c1-13(2)9-11-20-10-3-4-16(19)18-15-7-5-14(12-17)6-8-15/h5-8,13H,3-4,9-11H2,1-2H3,(H,18,19). The average molecular weight is 290 g/mol. The quantitative estimate of drug-likeness (QED) is 0.735. The van der Waals surface area contributed by atoms with Crippen molar-refractivity contribution in [1.82, 2.24) is 0 Å². The van der Waals surface area contributed by atoms with Gasteiger partial charge in [-0.25, -0.2) is 0 Å². The van der Waals surface area contributed by atoms with Crippen LogP contribution in [-0.2, 0) is 4.79 Å². The Morgan fingerprint density at radius 2 is 2.00 bits per heavy atom. The van der Waals surface area contributed by atoms with Gasteiger partial charge in [0, 0.05) is 12.1 Å². The third kappa shape index (κ3) is 7.20. The van der Waals surface area contributed by atoms with Crippen LogP contribution in [0, 0.1) is 17.2 Å². The summed E-state index contributed by atoms with van der Waals surface area (Å²) in [6, 6.07) is 8.98. The molecule has 20 heavy (non-hydrogen) atoms. The number of nitrogens with one attached hydrogen (secondary N) is 1. The molecule has 0 bridgehead atoms. The van der Waals surface area contributed by atoms with Crippen LogP contribution in [0.5, 0.6) is 0 Å². The van der Waals surface area contributed by atoms with Crippen LogP contribution in [0.2, 0.25) is 0 Å². The lowest BCUT2D eigenvalue weighted by molar-refractivity contribution is -0.116. The Bertz CT molecular complexity index is 449. The van der Waals surface area contributed by atoms with E-state index in [1.165, 1.54) is 12.2 Å². The van der Waals surface area contributed by atoms with Crippen molar-refractivity contribution in [2.24, 2.45) is 5.92 Å². The fraction of sp³-hybridized carbons (Fsp3) is 0.500.